The van der Waals surface area contributed by atoms with Gasteiger partial charge in [-0.25, -0.2) is 0 Å². The van der Waals surface area contributed by atoms with Gasteiger partial charge in [0.1, 0.15) is 0 Å². The summed E-state index contributed by atoms with van der Waals surface area (Å²) in [6, 6.07) is 11.4. The van der Waals surface area contributed by atoms with Crippen molar-refractivity contribution >= 4 is 17.3 Å². The Hall–Kier alpha value is -1.72. The van der Waals surface area contributed by atoms with Gasteiger partial charge in [-0.3, -0.25) is 0 Å². The maximum atomic E-state index is 12.6. The zero-order valence-corrected chi connectivity index (χ0v) is 12.5. The summed E-state index contributed by atoms with van der Waals surface area (Å²) in [5.74, 6) is 0. The molecule has 0 atom stereocenters. The van der Waals surface area contributed by atoms with Crippen molar-refractivity contribution < 1.29 is 13.2 Å². The Morgan fingerprint density at radius 2 is 1.82 bits per heavy atom. The number of halogens is 4. The summed E-state index contributed by atoms with van der Waals surface area (Å²) in [5.41, 5.74) is 7.41. The molecule has 118 valence electrons. The fraction of sp³-hybridized carbons (Fsp3) is 0.250. The second kappa shape index (κ2) is 7.03. The molecule has 0 bridgehead atoms. The highest BCUT2D eigenvalue weighted by atomic mass is 35.5. The molecular formula is C16H16ClF3N2. The summed E-state index contributed by atoms with van der Waals surface area (Å²) in [6.07, 6.45) is -3.82. The summed E-state index contributed by atoms with van der Waals surface area (Å²) in [5, 5.41) is 2.96. The Labute approximate surface area is 132 Å². The van der Waals surface area contributed by atoms with Gasteiger partial charge in [0.2, 0.25) is 0 Å². The van der Waals surface area contributed by atoms with Crippen LogP contribution in [0.3, 0.4) is 0 Å². The summed E-state index contributed by atoms with van der Waals surface area (Å²) >= 11 is 5.69. The van der Waals surface area contributed by atoms with Gasteiger partial charge in [0.15, 0.2) is 0 Å². The molecule has 2 aromatic rings. The molecule has 0 aromatic heterocycles. The number of hydrogen-bond donors (Lipinski definition) is 2. The van der Waals surface area contributed by atoms with Crippen molar-refractivity contribution in [2.24, 2.45) is 0 Å². The van der Waals surface area contributed by atoms with Crippen molar-refractivity contribution in [2.45, 2.75) is 19.1 Å². The van der Waals surface area contributed by atoms with Crippen LogP contribution in [0.15, 0.2) is 42.5 Å². The van der Waals surface area contributed by atoms with Crippen LogP contribution in [0.25, 0.3) is 0 Å². The Balaban J connectivity index is 1.86. The van der Waals surface area contributed by atoms with Crippen molar-refractivity contribution in [3.63, 3.8) is 0 Å². The minimum atomic E-state index is -4.42. The predicted octanol–water partition coefficient (Wildman–Crippen LogP) is 4.27. The third-order valence-electron chi connectivity index (χ3n) is 3.21. The number of hydrogen-bond acceptors (Lipinski definition) is 2. The van der Waals surface area contributed by atoms with Gasteiger partial charge >= 0.3 is 6.18 Å². The molecule has 22 heavy (non-hydrogen) atoms. The van der Waals surface area contributed by atoms with Gasteiger partial charge in [-0.15, -0.1) is 0 Å². The van der Waals surface area contributed by atoms with Gasteiger partial charge in [0, 0.05) is 12.2 Å². The van der Waals surface area contributed by atoms with E-state index in [1.165, 1.54) is 12.1 Å². The molecule has 2 nitrogen and oxygen atoms in total. The van der Waals surface area contributed by atoms with Crippen LogP contribution in [0.2, 0.25) is 5.02 Å². The van der Waals surface area contributed by atoms with E-state index in [2.05, 4.69) is 5.32 Å². The highest BCUT2D eigenvalue weighted by Crippen LogP contribution is 2.34. The third-order valence-corrected chi connectivity index (χ3v) is 3.52. The van der Waals surface area contributed by atoms with Gasteiger partial charge in [-0.05, 0) is 48.4 Å². The first-order chi connectivity index (χ1) is 10.4. The molecule has 6 heteroatoms. The molecule has 2 rings (SSSR count). The van der Waals surface area contributed by atoms with Gasteiger partial charge < -0.3 is 11.1 Å². The first-order valence-corrected chi connectivity index (χ1v) is 7.15. The average Bonchev–Trinajstić information content (AvgIpc) is 2.42. The SMILES string of the molecule is Nc1cccc(CNCCc2ccc(C(F)(F)F)c(Cl)c2)c1. The molecule has 0 amide bonds. The maximum absolute atomic E-state index is 12.6. The van der Waals surface area contributed by atoms with Crippen molar-refractivity contribution in [3.05, 3.63) is 64.2 Å². The number of alkyl halides is 3. The zero-order chi connectivity index (χ0) is 16.2. The Morgan fingerprint density at radius 1 is 1.05 bits per heavy atom. The highest BCUT2D eigenvalue weighted by Gasteiger charge is 2.32. The lowest BCUT2D eigenvalue weighted by Crippen LogP contribution is -2.17. The molecular weight excluding hydrogens is 313 g/mol. The van der Waals surface area contributed by atoms with Gasteiger partial charge in [-0.2, -0.15) is 13.2 Å². The first kappa shape index (κ1) is 16.6. The fourth-order valence-corrected chi connectivity index (χ4v) is 2.42. The lowest BCUT2D eigenvalue weighted by atomic mass is 10.1. The van der Waals surface area contributed by atoms with E-state index in [0.29, 0.717) is 25.2 Å². The molecule has 3 N–H and O–H groups in total. The molecule has 0 radical (unpaired) electrons. The number of nitrogens with two attached hydrogens (primary N) is 1. The molecule has 0 saturated heterocycles. The minimum absolute atomic E-state index is 0.263. The molecule has 0 aliphatic rings. The van der Waals surface area contributed by atoms with Gasteiger partial charge in [0.05, 0.1) is 10.6 Å². The lowest BCUT2D eigenvalue weighted by molar-refractivity contribution is -0.137. The molecule has 2 aromatic carbocycles. The summed E-state index contributed by atoms with van der Waals surface area (Å²) in [6.45, 7) is 1.29. The second-order valence-electron chi connectivity index (χ2n) is 4.98. The summed E-state index contributed by atoms with van der Waals surface area (Å²) < 4.78 is 37.8. The monoisotopic (exact) mass is 328 g/mol. The van der Waals surface area contributed by atoms with E-state index in [1.54, 1.807) is 0 Å². The summed E-state index contributed by atoms with van der Waals surface area (Å²) in [7, 11) is 0. The van der Waals surface area contributed by atoms with Gasteiger partial charge in [-0.1, -0.05) is 29.8 Å². The highest BCUT2D eigenvalue weighted by molar-refractivity contribution is 6.31. The van der Waals surface area contributed by atoms with Crippen molar-refractivity contribution in [1.29, 1.82) is 0 Å². The Kier molecular flexibility index (Phi) is 5.32. The summed E-state index contributed by atoms with van der Waals surface area (Å²) in [4.78, 5) is 0. The van der Waals surface area contributed by atoms with Crippen LogP contribution in [0.1, 0.15) is 16.7 Å². The molecule has 0 fully saturated rings. The predicted molar refractivity (Wildman–Crippen MR) is 82.7 cm³/mol. The Morgan fingerprint density at radius 3 is 2.45 bits per heavy atom. The van der Waals surface area contributed by atoms with E-state index in [9.17, 15) is 13.2 Å². The van der Waals surface area contributed by atoms with Crippen LogP contribution < -0.4 is 11.1 Å². The number of rotatable bonds is 5. The minimum Gasteiger partial charge on any atom is -0.399 e. The van der Waals surface area contributed by atoms with Crippen LogP contribution in [0.5, 0.6) is 0 Å². The van der Waals surface area contributed by atoms with Crippen molar-refractivity contribution in [3.8, 4) is 0 Å². The van der Waals surface area contributed by atoms with E-state index in [4.69, 9.17) is 17.3 Å². The molecule has 0 saturated carbocycles. The quantitative estimate of drug-likeness (QED) is 0.635. The molecule has 0 spiro atoms. The maximum Gasteiger partial charge on any atom is 0.417 e. The van der Waals surface area contributed by atoms with E-state index in [-0.39, 0.29) is 5.02 Å². The molecule has 0 aliphatic carbocycles. The number of anilines is 1. The van der Waals surface area contributed by atoms with Crippen molar-refractivity contribution in [1.82, 2.24) is 5.32 Å². The van der Waals surface area contributed by atoms with Crippen LogP contribution >= 0.6 is 11.6 Å². The Bertz CT molecular complexity index is 642. The van der Waals surface area contributed by atoms with Crippen molar-refractivity contribution in [2.75, 3.05) is 12.3 Å². The standard InChI is InChI=1S/C16H16ClF3N2/c17-15-9-11(4-5-14(15)16(18,19)20)6-7-22-10-12-2-1-3-13(21)8-12/h1-5,8-9,22H,6-7,10,21H2. The second-order valence-corrected chi connectivity index (χ2v) is 5.39. The first-order valence-electron chi connectivity index (χ1n) is 6.77. The smallest absolute Gasteiger partial charge is 0.399 e. The molecule has 0 heterocycles. The van der Waals surface area contributed by atoms with E-state index in [0.717, 1.165) is 17.2 Å². The van der Waals surface area contributed by atoms with Crippen LogP contribution in [-0.2, 0) is 19.1 Å². The third kappa shape index (κ3) is 4.64. The van der Waals surface area contributed by atoms with E-state index >= 15 is 0 Å². The zero-order valence-electron chi connectivity index (χ0n) is 11.8. The number of nitrogen functional groups attached to an aromatic ring is 1. The van der Waals surface area contributed by atoms with E-state index in [1.807, 2.05) is 24.3 Å². The molecule has 0 unspecified atom stereocenters. The lowest BCUT2D eigenvalue weighted by Gasteiger charge is -2.11. The number of benzene rings is 2. The van der Waals surface area contributed by atoms with Gasteiger partial charge in [0.25, 0.3) is 0 Å². The van der Waals surface area contributed by atoms with Crippen LogP contribution in [0.4, 0.5) is 18.9 Å². The fourth-order valence-electron chi connectivity index (χ4n) is 2.11. The van der Waals surface area contributed by atoms with Crippen LogP contribution in [-0.4, -0.2) is 6.54 Å². The topological polar surface area (TPSA) is 38.0 Å². The largest absolute Gasteiger partial charge is 0.417 e. The number of nitrogens with one attached hydrogen (secondary N) is 1. The normalized spacial score (nSPS) is 11.6. The molecule has 0 aliphatic heterocycles. The van der Waals surface area contributed by atoms with Crippen LogP contribution in [0, 0.1) is 0 Å². The van der Waals surface area contributed by atoms with E-state index < -0.39 is 11.7 Å². The average molecular weight is 329 g/mol.